The van der Waals surface area contributed by atoms with Gasteiger partial charge in [-0.15, -0.1) is 0 Å². The van der Waals surface area contributed by atoms with Crippen molar-refractivity contribution in [3.05, 3.63) is 71.2 Å². The van der Waals surface area contributed by atoms with E-state index in [4.69, 9.17) is 8.92 Å². The summed E-state index contributed by atoms with van der Waals surface area (Å²) in [5.41, 5.74) is 1.87. The lowest BCUT2D eigenvalue weighted by molar-refractivity contribution is 0.0567. The van der Waals surface area contributed by atoms with Crippen LogP contribution in [-0.4, -0.2) is 17.4 Å². The average Bonchev–Trinajstić information content (AvgIpc) is 2.87. The summed E-state index contributed by atoms with van der Waals surface area (Å²) in [4.78, 5) is 0.697. The molecule has 0 aromatic heterocycles. The molecule has 0 amide bonds. The molecule has 0 heterocycles. The molecule has 5 rings (SSSR count). The summed E-state index contributed by atoms with van der Waals surface area (Å²) in [6, 6.07) is 22.6. The Balaban J connectivity index is 1.70. The van der Waals surface area contributed by atoms with E-state index in [1.165, 1.54) is 6.42 Å². The minimum absolute atomic E-state index is 0.0146. The number of hydrogen-bond acceptors (Lipinski definition) is 3. The summed E-state index contributed by atoms with van der Waals surface area (Å²) in [6.07, 6.45) is 3.26. The molecule has 36 heavy (non-hydrogen) atoms. The summed E-state index contributed by atoms with van der Waals surface area (Å²) >= 11 is 1.98. The van der Waals surface area contributed by atoms with Crippen molar-refractivity contribution < 1.29 is 13.1 Å². The van der Waals surface area contributed by atoms with Gasteiger partial charge in [0.2, 0.25) is 0 Å². The van der Waals surface area contributed by atoms with Crippen molar-refractivity contribution in [1.82, 2.24) is 0 Å². The van der Waals surface area contributed by atoms with Crippen LogP contribution in [0, 0.1) is 17.8 Å². The molecule has 5 heteroatoms. The molecule has 1 aliphatic rings. The van der Waals surface area contributed by atoms with Crippen LogP contribution >= 0.6 is 15.9 Å². The lowest BCUT2D eigenvalue weighted by atomic mass is 9.75. The number of ether oxygens (including phenoxy) is 1. The molecule has 1 saturated carbocycles. The third-order valence-electron chi connectivity index (χ3n) is 7.66. The fourth-order valence-corrected chi connectivity index (χ4v) is 7.23. The largest absolute Gasteiger partial charge is 0.496 e. The normalized spacial score (nSPS) is 21.2. The van der Waals surface area contributed by atoms with Gasteiger partial charge >= 0.3 is 0 Å². The van der Waals surface area contributed by atoms with E-state index in [1.807, 2.05) is 36.4 Å². The van der Waals surface area contributed by atoms with Gasteiger partial charge in [0.1, 0.15) is 5.75 Å². The molecule has 0 bridgehead atoms. The summed E-state index contributed by atoms with van der Waals surface area (Å²) in [7, 11) is 1.69. The standard InChI is InChI=1S/C31H33BrO3S/c1-19(2)24-13-9-20(3)17-28(24)35-36(33)29-16-11-21-7-5-6-8-25(21)31(29)30-26-14-12-23(32)18-22(26)10-15-27(30)34-4/h5-8,10-12,14-16,18-20,24,28H,9,13,17H2,1-4H3. The third kappa shape index (κ3) is 4.85. The van der Waals surface area contributed by atoms with Crippen LogP contribution in [0.2, 0.25) is 0 Å². The van der Waals surface area contributed by atoms with Crippen LogP contribution in [0.3, 0.4) is 0 Å². The topological polar surface area (TPSA) is 35.5 Å². The van der Waals surface area contributed by atoms with Gasteiger partial charge in [-0.25, -0.2) is 4.21 Å². The van der Waals surface area contributed by atoms with Gasteiger partial charge in [-0.2, -0.15) is 0 Å². The van der Waals surface area contributed by atoms with E-state index >= 15 is 0 Å². The Bertz CT molecular complexity index is 1430. The highest BCUT2D eigenvalue weighted by Crippen LogP contribution is 2.45. The number of halogens is 1. The zero-order valence-electron chi connectivity index (χ0n) is 21.3. The lowest BCUT2D eigenvalue weighted by Crippen LogP contribution is -2.34. The zero-order valence-corrected chi connectivity index (χ0v) is 23.7. The van der Waals surface area contributed by atoms with Gasteiger partial charge in [-0.1, -0.05) is 85.6 Å². The fourth-order valence-electron chi connectivity index (χ4n) is 5.75. The molecule has 0 N–H and O–H groups in total. The van der Waals surface area contributed by atoms with E-state index in [0.717, 1.165) is 55.7 Å². The average molecular weight is 566 g/mol. The highest BCUT2D eigenvalue weighted by Gasteiger charge is 2.34. The van der Waals surface area contributed by atoms with Crippen LogP contribution in [-0.2, 0) is 15.3 Å². The van der Waals surface area contributed by atoms with Crippen LogP contribution in [0.5, 0.6) is 5.75 Å². The van der Waals surface area contributed by atoms with Gasteiger partial charge in [0, 0.05) is 15.6 Å². The predicted molar refractivity (Wildman–Crippen MR) is 154 cm³/mol. The Labute approximate surface area is 225 Å². The summed E-state index contributed by atoms with van der Waals surface area (Å²) in [6.45, 7) is 6.78. The van der Waals surface area contributed by atoms with E-state index in [9.17, 15) is 4.21 Å². The Kier molecular flexibility index (Phi) is 7.52. The van der Waals surface area contributed by atoms with Crippen molar-refractivity contribution in [3.8, 4) is 16.9 Å². The number of hydrogen-bond donors (Lipinski definition) is 0. The molecule has 188 valence electrons. The van der Waals surface area contributed by atoms with Crippen molar-refractivity contribution >= 4 is 48.6 Å². The van der Waals surface area contributed by atoms with Crippen molar-refractivity contribution in [3.63, 3.8) is 0 Å². The van der Waals surface area contributed by atoms with E-state index in [0.29, 0.717) is 22.6 Å². The van der Waals surface area contributed by atoms with Crippen LogP contribution in [0.15, 0.2) is 76.1 Å². The quantitative estimate of drug-likeness (QED) is 0.234. The van der Waals surface area contributed by atoms with Crippen molar-refractivity contribution in [2.45, 2.75) is 51.0 Å². The highest BCUT2D eigenvalue weighted by atomic mass is 79.9. The van der Waals surface area contributed by atoms with Crippen molar-refractivity contribution in [2.24, 2.45) is 17.8 Å². The molecule has 4 aromatic rings. The van der Waals surface area contributed by atoms with Crippen LogP contribution in [0.1, 0.15) is 40.0 Å². The van der Waals surface area contributed by atoms with Crippen LogP contribution in [0.4, 0.5) is 0 Å². The number of benzene rings is 4. The molecule has 4 aromatic carbocycles. The Morgan fingerprint density at radius 2 is 1.67 bits per heavy atom. The maximum absolute atomic E-state index is 14.1. The highest BCUT2D eigenvalue weighted by molar-refractivity contribution is 9.10. The molecule has 4 unspecified atom stereocenters. The smallest absolute Gasteiger partial charge is 0.190 e. The molecule has 1 aliphatic carbocycles. The molecule has 0 spiro atoms. The van der Waals surface area contributed by atoms with E-state index in [-0.39, 0.29) is 6.10 Å². The number of methoxy groups -OCH3 is 1. The van der Waals surface area contributed by atoms with Crippen LogP contribution in [0.25, 0.3) is 32.7 Å². The van der Waals surface area contributed by atoms with Gasteiger partial charge < -0.3 is 4.74 Å². The molecule has 0 aliphatic heterocycles. The summed E-state index contributed by atoms with van der Waals surface area (Å²) in [5.74, 6) is 2.24. The first-order valence-electron chi connectivity index (χ1n) is 12.7. The number of fused-ring (bicyclic) bond motifs is 2. The molecule has 1 fully saturated rings. The lowest BCUT2D eigenvalue weighted by Gasteiger charge is -2.36. The second-order valence-electron chi connectivity index (χ2n) is 10.4. The SMILES string of the molecule is COc1ccc2cc(Br)ccc2c1-c1c(S(=O)OC2CC(C)CCC2C(C)C)ccc2ccccc12. The van der Waals surface area contributed by atoms with E-state index < -0.39 is 11.1 Å². The van der Waals surface area contributed by atoms with Gasteiger partial charge in [-0.05, 0) is 76.4 Å². The minimum Gasteiger partial charge on any atom is -0.496 e. The van der Waals surface area contributed by atoms with Crippen LogP contribution < -0.4 is 4.74 Å². The van der Waals surface area contributed by atoms with Gasteiger partial charge in [0.25, 0.3) is 0 Å². The zero-order chi connectivity index (χ0) is 25.4. The third-order valence-corrected chi connectivity index (χ3v) is 9.27. The molecular formula is C31H33BrO3S. The van der Waals surface area contributed by atoms with Gasteiger partial charge in [0.05, 0.1) is 18.1 Å². The first kappa shape index (κ1) is 25.4. The summed E-state index contributed by atoms with van der Waals surface area (Å²) < 4.78 is 27.4. The minimum atomic E-state index is -1.62. The first-order valence-corrected chi connectivity index (χ1v) is 14.6. The van der Waals surface area contributed by atoms with Gasteiger partial charge in [0.15, 0.2) is 11.1 Å². The monoisotopic (exact) mass is 564 g/mol. The van der Waals surface area contributed by atoms with Crippen molar-refractivity contribution in [1.29, 1.82) is 0 Å². The Hall–Kier alpha value is -2.21. The maximum Gasteiger partial charge on any atom is 0.190 e. The Morgan fingerprint density at radius 1 is 0.917 bits per heavy atom. The molecule has 0 radical (unpaired) electrons. The second kappa shape index (κ2) is 10.6. The number of rotatable bonds is 6. The van der Waals surface area contributed by atoms with E-state index in [1.54, 1.807) is 7.11 Å². The summed E-state index contributed by atoms with van der Waals surface area (Å²) in [5, 5.41) is 4.28. The molecule has 0 saturated heterocycles. The van der Waals surface area contributed by atoms with E-state index in [2.05, 4.69) is 67.0 Å². The maximum atomic E-state index is 14.1. The first-order chi connectivity index (χ1) is 17.4. The Morgan fingerprint density at radius 3 is 2.44 bits per heavy atom. The second-order valence-corrected chi connectivity index (χ2v) is 12.4. The molecule has 3 nitrogen and oxygen atoms in total. The van der Waals surface area contributed by atoms with Gasteiger partial charge in [-0.3, -0.25) is 4.18 Å². The molecule has 4 atom stereocenters. The fraction of sp³-hybridized carbons (Fsp3) is 0.355. The predicted octanol–water partition coefficient (Wildman–Crippen LogP) is 8.93. The molecular weight excluding hydrogens is 532 g/mol. The van der Waals surface area contributed by atoms with Crippen molar-refractivity contribution in [2.75, 3.05) is 7.11 Å².